The Kier molecular flexibility index (Phi) is 58.9. The van der Waals surface area contributed by atoms with Gasteiger partial charge in [0.05, 0.1) is 108 Å². The number of nitrogens with zero attached hydrogens (tertiary/aromatic N) is 4. The van der Waals surface area contributed by atoms with Crippen LogP contribution < -0.4 is 70.9 Å². The van der Waals surface area contributed by atoms with Gasteiger partial charge in [0.1, 0.15) is 48.5 Å². The first-order chi connectivity index (χ1) is 59.4. The minimum absolute atomic E-state index is 0. The van der Waals surface area contributed by atoms with E-state index in [-0.39, 0.29) is 97.4 Å². The van der Waals surface area contributed by atoms with Gasteiger partial charge in [0.15, 0.2) is 6.29 Å². The summed E-state index contributed by atoms with van der Waals surface area (Å²) in [5.74, 6) is 3.11. The molecule has 0 amide bonds. The predicted molar refractivity (Wildman–Crippen MR) is 529 cm³/mol. The smallest absolute Gasteiger partial charge is 0.172 e. The van der Waals surface area contributed by atoms with Crippen molar-refractivity contribution in [3.05, 3.63) is 97.1 Å². The summed E-state index contributed by atoms with van der Waals surface area (Å²) in [5.41, 5.74) is 9.05. The van der Waals surface area contributed by atoms with Crippen LogP contribution in [0.3, 0.4) is 0 Å². The van der Waals surface area contributed by atoms with E-state index in [1.165, 1.54) is 55.5 Å². The van der Waals surface area contributed by atoms with E-state index in [1.807, 2.05) is 98.5 Å². The van der Waals surface area contributed by atoms with E-state index in [1.54, 1.807) is 0 Å². The van der Waals surface area contributed by atoms with Crippen molar-refractivity contribution in [1.82, 2.24) is 26.6 Å². The summed E-state index contributed by atoms with van der Waals surface area (Å²) in [6.45, 7) is 44.9. The van der Waals surface area contributed by atoms with E-state index in [9.17, 15) is 30.6 Å². The molecule has 8 rings (SSSR count). The molecule has 4 heterocycles. The van der Waals surface area contributed by atoms with Crippen molar-refractivity contribution >= 4 is 79.9 Å². The molecule has 0 bridgehead atoms. The van der Waals surface area contributed by atoms with E-state index < -0.39 is 36.9 Å². The van der Waals surface area contributed by atoms with Gasteiger partial charge in [0, 0.05) is 166 Å². The highest BCUT2D eigenvalue weighted by molar-refractivity contribution is 6.34. The van der Waals surface area contributed by atoms with Crippen LogP contribution >= 0.6 is 0 Å². The Morgan fingerprint density at radius 1 is 0.439 bits per heavy atom. The van der Waals surface area contributed by atoms with Crippen molar-refractivity contribution in [3.63, 3.8) is 0 Å². The monoisotopic (exact) mass is 1830 g/mol. The first kappa shape index (κ1) is 109. The van der Waals surface area contributed by atoms with Crippen molar-refractivity contribution in [1.29, 1.82) is 0 Å². The van der Waals surface area contributed by atoms with Crippen LogP contribution in [0.1, 0.15) is 94.3 Å². The van der Waals surface area contributed by atoms with Gasteiger partial charge in [0.2, 0.25) is 0 Å². The number of hydrogen-bond acceptors (Lipinski definition) is 26. The van der Waals surface area contributed by atoms with Crippen molar-refractivity contribution in [2.75, 3.05) is 203 Å². The van der Waals surface area contributed by atoms with E-state index in [0.717, 1.165) is 139 Å². The second kappa shape index (κ2) is 66.3. The lowest BCUT2D eigenvalue weighted by Crippen LogP contribution is -2.47. The zero-order valence-corrected chi connectivity index (χ0v) is 86.6. The molecule has 26 nitrogen and oxygen atoms in total. The number of aliphatic hydroxyl groups excluding tert-OH is 6. The Morgan fingerprint density at radius 2 is 0.821 bits per heavy atom. The third-order valence-corrected chi connectivity index (χ3v) is 28.5. The first-order valence-corrected chi connectivity index (χ1v) is 61.9. The molecular weight excluding hydrogens is 1660 g/mol. The summed E-state index contributed by atoms with van der Waals surface area (Å²) >= 11 is 0. The molecule has 11 atom stereocenters. The number of benzene rings is 4. The summed E-state index contributed by atoms with van der Waals surface area (Å²) in [6.07, 6.45) is 5.56. The molecule has 0 radical (unpaired) electrons. The van der Waals surface area contributed by atoms with Crippen LogP contribution in [0.25, 0.3) is 0 Å². The summed E-state index contributed by atoms with van der Waals surface area (Å²) in [6, 6.07) is 39.8. The number of nitrogens with one attached hydrogen (secondary N) is 5. The van der Waals surface area contributed by atoms with Gasteiger partial charge in [-0.3, -0.25) is 5.32 Å². The Hall–Kier alpha value is -4.14. The lowest BCUT2D eigenvalue weighted by Gasteiger charge is -2.34. The minimum atomic E-state index is -1.15. The molecule has 4 aliphatic heterocycles. The van der Waals surface area contributed by atoms with Crippen LogP contribution in [0.2, 0.25) is 75.5 Å². The summed E-state index contributed by atoms with van der Waals surface area (Å²) in [5, 5.41) is 81.6. The molecular formula is C91H174N10O16Si6. The van der Waals surface area contributed by atoms with Crippen LogP contribution in [0.15, 0.2) is 97.1 Å². The van der Waals surface area contributed by atoms with E-state index in [2.05, 4.69) is 126 Å². The zero-order chi connectivity index (χ0) is 89.1. The molecule has 4 aromatic carbocycles. The molecule has 4 aliphatic rings. The van der Waals surface area contributed by atoms with Gasteiger partial charge in [-0.2, -0.15) is 0 Å². The Morgan fingerprint density at radius 3 is 1.23 bits per heavy atom. The summed E-state index contributed by atoms with van der Waals surface area (Å²) < 4.78 is 57.3. The van der Waals surface area contributed by atoms with Gasteiger partial charge in [-0.1, -0.05) is 117 Å². The maximum absolute atomic E-state index is 11.8. The lowest BCUT2D eigenvalue weighted by atomic mass is 9.87. The highest BCUT2D eigenvalue weighted by atomic mass is 28.2. The normalized spacial score (nSPS) is 18.0. The van der Waals surface area contributed by atoms with Crippen LogP contribution in [0.5, 0.6) is 23.0 Å². The van der Waals surface area contributed by atoms with Crippen LogP contribution in [0, 0.1) is 10.8 Å². The second-order valence-electron chi connectivity index (χ2n) is 35.8. The van der Waals surface area contributed by atoms with Crippen molar-refractivity contribution < 1.29 is 79.4 Å². The van der Waals surface area contributed by atoms with Gasteiger partial charge in [-0.25, -0.2) is 0 Å². The fourth-order valence-electron chi connectivity index (χ4n) is 13.4. The molecule has 4 aromatic rings. The molecule has 11 unspecified atom stereocenters. The lowest BCUT2D eigenvalue weighted by molar-refractivity contribution is -0.126. The fraction of sp³-hybridized carbons (Fsp3) is 0.736. The Labute approximate surface area is 757 Å². The van der Waals surface area contributed by atoms with Gasteiger partial charge in [-0.05, 0) is 186 Å². The number of ether oxygens (including phenoxy) is 10. The van der Waals surface area contributed by atoms with Crippen LogP contribution in [-0.4, -0.2) is 339 Å². The second-order valence-corrected chi connectivity index (χ2v) is 46.1. The third-order valence-electron chi connectivity index (χ3n) is 21.3. The Balaban J connectivity index is 0.000000434. The summed E-state index contributed by atoms with van der Waals surface area (Å²) in [4.78, 5) is 8.64. The molecule has 4 fully saturated rings. The quantitative estimate of drug-likeness (QED) is 0.0108. The number of aliphatic hydroxyl groups is 6. The highest BCUT2D eigenvalue weighted by Gasteiger charge is 2.31. The number of epoxide rings is 4. The molecule has 4 saturated heterocycles. The standard InChI is InChI=1S/C48H93N5O8Si3.C20H34N2O4Si.C19H32N2O4Si.C4H13NSi.H2/c1-47(2,3)37-58-27-25-52(38-13-19-42(20-14-38)60-36-45(56)51-24-12-30-64-9)34-43(32-50-23-11-29-63-8)61-46(57)35-53(33-40(54)31-49-22-10-28-62-7)39-15-17-41(18-16-39)59-26-21-44(55)48(4,5)6;1-27-10-2-8-21-11-17(23)12-22(13-20-15-26-20)16-3-5-18(6-4-16)24-9-7-19-14-25-19;1-26-8-2-7-20-9-16(22)10-21(11-18-12-24-18)15-3-5-17(6-4-15)23-13-19-14-25-19;1-6-4-2-3-5;/h13-20,40,43-46,49-51,54-57H,10-12,21-37,62-64H2,1-9H3;3-6,17,19-21,23H,2,7-15,27H2,1H3;3-6,16,18-20,22H,2,7-14,26H2,1H3;2-6H2,1H3;1H/i;;;;1+1. The van der Waals surface area contributed by atoms with Gasteiger partial charge >= 0.3 is 0 Å². The van der Waals surface area contributed by atoms with Crippen molar-refractivity contribution in [2.24, 2.45) is 16.6 Å². The van der Waals surface area contributed by atoms with Crippen molar-refractivity contribution in [2.45, 2.75) is 236 Å². The molecule has 0 aromatic heterocycles. The minimum Gasteiger partial charge on any atom is -0.493 e. The molecule has 13 N–H and O–H groups in total. The van der Waals surface area contributed by atoms with Crippen LogP contribution in [-0.2, 0) is 28.4 Å². The molecule has 0 saturated carbocycles. The molecule has 32 heteroatoms. The van der Waals surface area contributed by atoms with Gasteiger partial charge in [-0.15, -0.1) is 0 Å². The topological polar surface area (TPSA) is 326 Å². The fourth-order valence-corrected chi connectivity index (χ4v) is 17.9. The van der Waals surface area contributed by atoms with E-state index in [0.29, 0.717) is 125 Å². The Bertz CT molecular complexity index is 3170. The number of nitrogens with two attached hydrogens (primary N) is 1. The largest absolute Gasteiger partial charge is 0.493 e. The maximum Gasteiger partial charge on any atom is 0.172 e. The van der Waals surface area contributed by atoms with Crippen molar-refractivity contribution in [3.8, 4) is 23.0 Å². The number of anilines is 4. The molecule has 708 valence electrons. The predicted octanol–water partition coefficient (Wildman–Crippen LogP) is 5.74. The molecule has 0 spiro atoms. The number of hydrogen-bond donors (Lipinski definition) is 12. The third kappa shape index (κ3) is 55.5. The first-order valence-electron chi connectivity index (χ1n) is 47.4. The molecule has 123 heavy (non-hydrogen) atoms. The number of rotatable bonds is 70. The average Bonchev–Trinajstić information content (AvgIpc) is 1.81. The van der Waals surface area contributed by atoms with E-state index >= 15 is 0 Å². The average molecular weight is 1830 g/mol. The highest BCUT2D eigenvalue weighted by Crippen LogP contribution is 2.29. The zero-order valence-electron chi connectivity index (χ0n) is 78.2. The SMILES string of the molecule is C[SiH2]CCCN.C[SiH2]CCCNCC(O)CN(CC(O)OC(CNCCC[SiH2]C)CN(CCOCC(C)(C)C)c1ccc(OCC(O)NCCC[SiH2]C)cc1)c1ccc(OCCC(O)C(C)(C)C)cc1.C[SiH2]CCCNCC(O)CN(CC1CO1)c1ccc(OCC2CO2)cc1.C[SiH2]CCCNCC(O)CN(CC1CO1)c1ccc(OCCC2CO2)cc1.[2HH]. The maximum atomic E-state index is 11.8. The van der Waals surface area contributed by atoms with Gasteiger partial charge in [0.25, 0.3) is 0 Å². The van der Waals surface area contributed by atoms with Gasteiger partial charge < -0.3 is 125 Å². The molecule has 0 aliphatic carbocycles. The van der Waals surface area contributed by atoms with E-state index in [4.69, 9.17) is 53.1 Å². The van der Waals surface area contributed by atoms with Crippen LogP contribution in [0.4, 0.5) is 22.7 Å². The summed E-state index contributed by atoms with van der Waals surface area (Å²) in [7, 11) is 0.658.